The van der Waals surface area contributed by atoms with E-state index in [1.54, 1.807) is 0 Å². The van der Waals surface area contributed by atoms with Gasteiger partial charge in [-0.25, -0.2) is 4.58 Å². The molecule has 0 aromatic carbocycles. The zero-order valence-electron chi connectivity index (χ0n) is 11.0. The molecular formula is C13H24NO4+. The van der Waals surface area contributed by atoms with Crippen molar-refractivity contribution in [2.45, 2.75) is 12.8 Å². The molecule has 0 radical (unpaired) electrons. The third-order valence-electron chi connectivity index (χ3n) is 1.78. The minimum atomic E-state index is 0.851. The van der Waals surface area contributed by atoms with Crippen LogP contribution in [0.1, 0.15) is 12.8 Å². The molecule has 0 aromatic heterocycles. The van der Waals surface area contributed by atoms with E-state index in [1.807, 2.05) is 0 Å². The van der Waals surface area contributed by atoms with Gasteiger partial charge in [-0.05, 0) is 6.42 Å². The molecule has 18 heavy (non-hydrogen) atoms. The zero-order valence-corrected chi connectivity index (χ0v) is 11.0. The van der Waals surface area contributed by atoms with Crippen molar-refractivity contribution < 1.29 is 24.1 Å². The van der Waals surface area contributed by atoms with Crippen molar-refractivity contribution in [1.82, 2.24) is 0 Å². The molecule has 0 atom stereocenters. The van der Waals surface area contributed by atoms with Gasteiger partial charge in [-0.1, -0.05) is 13.2 Å². The Labute approximate surface area is 109 Å². The van der Waals surface area contributed by atoms with Gasteiger partial charge >= 0.3 is 0 Å². The van der Waals surface area contributed by atoms with Crippen LogP contribution in [-0.4, -0.2) is 37.6 Å². The molecule has 104 valence electrons. The van der Waals surface area contributed by atoms with Gasteiger partial charge in [-0.2, -0.15) is 0 Å². The molecular weight excluding hydrogens is 234 g/mol. The van der Waals surface area contributed by atoms with Crippen LogP contribution in [0.5, 0.6) is 0 Å². The Morgan fingerprint density at radius 1 is 0.944 bits per heavy atom. The first-order valence-corrected chi connectivity index (χ1v) is 5.65. The lowest BCUT2D eigenvalue weighted by molar-refractivity contribution is -0.525. The van der Waals surface area contributed by atoms with Gasteiger partial charge in [0.05, 0.1) is 0 Å². The molecule has 1 aliphatic heterocycles. The predicted octanol–water partition coefficient (Wildman–Crippen LogP) is 2.47. The molecule has 0 N–H and O–H groups in total. The van der Waals surface area contributed by atoms with Gasteiger partial charge in [0.25, 0.3) is 0 Å². The van der Waals surface area contributed by atoms with E-state index < -0.39 is 0 Å². The van der Waals surface area contributed by atoms with E-state index in [9.17, 15) is 0 Å². The highest BCUT2D eigenvalue weighted by molar-refractivity contribution is 5.14. The van der Waals surface area contributed by atoms with Gasteiger partial charge in [0.15, 0.2) is 6.54 Å². The molecule has 1 saturated heterocycles. The minimum Gasteiger partial charge on any atom is -0.375 e. The Morgan fingerprint density at radius 2 is 1.56 bits per heavy atom. The molecule has 5 nitrogen and oxygen atoms in total. The van der Waals surface area contributed by atoms with Gasteiger partial charge in [0.2, 0.25) is 0 Å². The monoisotopic (exact) mass is 258 g/mol. The average molecular weight is 258 g/mol. The highest BCUT2D eigenvalue weighted by Gasteiger charge is 2.03. The van der Waals surface area contributed by atoms with E-state index in [2.05, 4.69) is 52.4 Å². The summed E-state index contributed by atoms with van der Waals surface area (Å²) in [7, 11) is 0. The Balaban J connectivity index is 0. The van der Waals surface area contributed by atoms with Crippen molar-refractivity contribution in [2.24, 2.45) is 0 Å². The topological polar surface area (TPSA) is 39.9 Å². The smallest absolute Gasteiger partial charge is 0.165 e. The van der Waals surface area contributed by atoms with E-state index >= 15 is 0 Å². The molecule has 0 spiro atoms. The number of rotatable bonds is 4. The molecule has 0 amide bonds. The minimum absolute atomic E-state index is 0.851. The molecule has 1 fully saturated rings. The van der Waals surface area contributed by atoms with Crippen LogP contribution in [0.4, 0.5) is 0 Å². The molecule has 1 heterocycles. The summed E-state index contributed by atoms with van der Waals surface area (Å²) in [5, 5.41) is 3.90. The standard InChI is InChI=1S/C7H14NO.C4H6O3.C2H4/c1-8-4-2-3-6-9-7-5-8;1-3-5-7-6-4-2;1-2/h1-7H2;3-4H,1-2H2;1-2H2/q+1;;. The highest BCUT2D eigenvalue weighted by atomic mass is 17.5. The Morgan fingerprint density at radius 3 is 2.11 bits per heavy atom. The number of nitrogens with zero attached hydrogens (tertiary/aromatic N) is 1. The number of ether oxygens (including phenoxy) is 1. The number of hydrogen-bond donors (Lipinski definition) is 0. The maximum atomic E-state index is 5.26. The van der Waals surface area contributed by atoms with E-state index in [0.29, 0.717) is 0 Å². The lowest BCUT2D eigenvalue weighted by atomic mass is 10.3. The van der Waals surface area contributed by atoms with Crippen molar-refractivity contribution in [1.29, 1.82) is 0 Å². The fourth-order valence-corrected chi connectivity index (χ4v) is 1.03. The van der Waals surface area contributed by atoms with E-state index in [-0.39, 0.29) is 0 Å². The second kappa shape index (κ2) is 17.8. The maximum Gasteiger partial charge on any atom is 0.165 e. The summed E-state index contributed by atoms with van der Waals surface area (Å²) in [6, 6.07) is 0. The van der Waals surface area contributed by atoms with Gasteiger partial charge in [-0.15, -0.1) is 13.2 Å². The molecule has 5 heteroatoms. The van der Waals surface area contributed by atoms with Crippen LogP contribution < -0.4 is 0 Å². The van der Waals surface area contributed by atoms with Crippen molar-refractivity contribution in [3.8, 4) is 0 Å². The second-order valence-electron chi connectivity index (χ2n) is 3.03. The first-order chi connectivity index (χ1) is 8.81. The Hall–Kier alpha value is -1.59. The zero-order chi connectivity index (χ0) is 14.1. The second-order valence-corrected chi connectivity index (χ2v) is 3.03. The van der Waals surface area contributed by atoms with Gasteiger partial charge < -0.3 is 14.5 Å². The molecule has 1 aliphatic rings. The van der Waals surface area contributed by atoms with Crippen molar-refractivity contribution in [3.05, 3.63) is 38.8 Å². The van der Waals surface area contributed by atoms with Crippen molar-refractivity contribution in [3.63, 3.8) is 0 Å². The molecule has 1 rings (SSSR count). The van der Waals surface area contributed by atoms with E-state index in [4.69, 9.17) is 4.74 Å². The largest absolute Gasteiger partial charge is 0.375 e. The highest BCUT2D eigenvalue weighted by Crippen LogP contribution is 1.94. The summed E-state index contributed by atoms with van der Waals surface area (Å²) in [5.74, 6) is 0. The SMILES string of the molecule is C=C.C=COOOC=C.C=[N+]1CCCCOCC1. The summed E-state index contributed by atoms with van der Waals surface area (Å²) in [6.45, 7) is 20.1. The van der Waals surface area contributed by atoms with Crippen LogP contribution in [-0.2, 0) is 19.6 Å². The van der Waals surface area contributed by atoms with Crippen molar-refractivity contribution >= 4 is 6.72 Å². The maximum absolute atomic E-state index is 5.26. The van der Waals surface area contributed by atoms with Crippen LogP contribution in [0, 0.1) is 0 Å². The van der Waals surface area contributed by atoms with Crippen molar-refractivity contribution in [2.75, 3.05) is 26.3 Å². The third kappa shape index (κ3) is 16.8. The molecule has 0 unspecified atom stereocenters. The van der Waals surface area contributed by atoms with Gasteiger partial charge in [0, 0.05) is 18.1 Å². The average Bonchev–Trinajstić information content (AvgIpc) is 2.38. The van der Waals surface area contributed by atoms with Crippen LogP contribution in [0.25, 0.3) is 0 Å². The molecule has 0 aromatic rings. The van der Waals surface area contributed by atoms with Gasteiger partial charge in [-0.3, -0.25) is 0 Å². The first kappa shape index (κ1) is 18.8. The summed E-state index contributed by atoms with van der Waals surface area (Å²) in [6.07, 6.45) is 4.59. The fourth-order valence-electron chi connectivity index (χ4n) is 1.03. The molecule has 0 saturated carbocycles. The summed E-state index contributed by atoms with van der Waals surface area (Å²) in [5.41, 5.74) is 0. The number of hydrogen-bond acceptors (Lipinski definition) is 4. The quantitative estimate of drug-likeness (QED) is 0.194. The Kier molecular flexibility index (Phi) is 18.6. The summed E-state index contributed by atoms with van der Waals surface area (Å²) < 4.78 is 7.33. The van der Waals surface area contributed by atoms with Crippen LogP contribution in [0.3, 0.4) is 0 Å². The fraction of sp³-hybridized carbons (Fsp3) is 0.462. The summed E-state index contributed by atoms with van der Waals surface area (Å²) in [4.78, 5) is 8.09. The van der Waals surface area contributed by atoms with Crippen LogP contribution in [0.2, 0.25) is 0 Å². The first-order valence-electron chi connectivity index (χ1n) is 5.65. The van der Waals surface area contributed by atoms with Gasteiger partial charge in [0.1, 0.15) is 32.4 Å². The lowest BCUT2D eigenvalue weighted by Crippen LogP contribution is -2.20. The predicted molar refractivity (Wildman–Crippen MR) is 72.1 cm³/mol. The normalized spacial score (nSPS) is 14.3. The third-order valence-corrected chi connectivity index (χ3v) is 1.78. The molecule has 0 bridgehead atoms. The van der Waals surface area contributed by atoms with E-state index in [0.717, 1.165) is 38.8 Å². The lowest BCUT2D eigenvalue weighted by Gasteiger charge is -2.07. The Bertz CT molecular complexity index is 201. The van der Waals surface area contributed by atoms with E-state index in [1.165, 1.54) is 12.8 Å². The molecule has 0 aliphatic carbocycles. The van der Waals surface area contributed by atoms with Crippen LogP contribution >= 0.6 is 0 Å². The summed E-state index contributed by atoms with van der Waals surface area (Å²) >= 11 is 0. The van der Waals surface area contributed by atoms with Crippen LogP contribution in [0.15, 0.2) is 38.8 Å².